The predicted octanol–water partition coefficient (Wildman–Crippen LogP) is 4.18. The molecule has 0 aliphatic rings. The van der Waals surface area contributed by atoms with Crippen molar-refractivity contribution in [3.8, 4) is 0 Å². The van der Waals surface area contributed by atoms with E-state index in [0.717, 1.165) is 25.4 Å². The minimum atomic E-state index is 0.509. The fourth-order valence-corrected chi connectivity index (χ4v) is 2.20. The second-order valence-corrected chi connectivity index (χ2v) is 6.04. The lowest BCUT2D eigenvalue weighted by Gasteiger charge is -2.27. The highest BCUT2D eigenvalue weighted by molar-refractivity contribution is 5.12. The maximum absolute atomic E-state index is 5.72. The average molecular weight is 280 g/mol. The lowest BCUT2D eigenvalue weighted by molar-refractivity contribution is 0.178. The van der Waals surface area contributed by atoms with Gasteiger partial charge < -0.3 is 9.73 Å². The number of rotatable bonds is 10. The van der Waals surface area contributed by atoms with E-state index in [1.54, 1.807) is 0 Å². The first-order valence-electron chi connectivity index (χ1n) is 8.10. The van der Waals surface area contributed by atoms with Crippen LogP contribution in [-0.2, 0) is 13.1 Å². The number of nitrogens with zero attached hydrogens (tertiary/aromatic N) is 1. The van der Waals surface area contributed by atoms with Crippen molar-refractivity contribution in [1.29, 1.82) is 0 Å². The van der Waals surface area contributed by atoms with Gasteiger partial charge in [-0.1, -0.05) is 34.1 Å². The van der Waals surface area contributed by atoms with Crippen LogP contribution in [0, 0.1) is 0 Å². The largest absolute Gasteiger partial charge is 0.468 e. The van der Waals surface area contributed by atoms with E-state index in [0.29, 0.717) is 12.1 Å². The highest BCUT2D eigenvalue weighted by atomic mass is 16.3. The summed E-state index contributed by atoms with van der Waals surface area (Å²) in [5.41, 5.74) is 1.24. The fraction of sp³-hybridized carbons (Fsp3) is 0.765. The number of furan rings is 1. The molecule has 0 saturated carbocycles. The molecule has 1 heterocycles. The molecule has 20 heavy (non-hydrogen) atoms. The summed E-state index contributed by atoms with van der Waals surface area (Å²) in [7, 11) is 0. The fourth-order valence-electron chi connectivity index (χ4n) is 2.20. The van der Waals surface area contributed by atoms with E-state index < -0.39 is 0 Å². The standard InChI is InChI=1S/C17H32N2O/c1-6-8-9-19(15(5)7-2)12-17-10-16(13-20-17)11-18-14(3)4/h10,13-15,18H,6-9,11-12H2,1-5H3. The Kier molecular flexibility index (Phi) is 7.93. The minimum absolute atomic E-state index is 0.509. The first-order valence-corrected chi connectivity index (χ1v) is 8.10. The summed E-state index contributed by atoms with van der Waals surface area (Å²) in [6, 6.07) is 3.31. The molecule has 116 valence electrons. The van der Waals surface area contributed by atoms with Crippen LogP contribution >= 0.6 is 0 Å². The van der Waals surface area contributed by atoms with Gasteiger partial charge in [-0.2, -0.15) is 0 Å². The molecule has 0 aliphatic heterocycles. The molecule has 0 spiro atoms. The van der Waals surface area contributed by atoms with Crippen molar-refractivity contribution in [2.24, 2.45) is 0 Å². The Hall–Kier alpha value is -0.800. The van der Waals surface area contributed by atoms with Crippen LogP contribution in [0.5, 0.6) is 0 Å². The molecule has 0 fully saturated rings. The molecular formula is C17H32N2O. The molecule has 1 atom stereocenters. The van der Waals surface area contributed by atoms with Crippen LogP contribution in [-0.4, -0.2) is 23.5 Å². The lowest BCUT2D eigenvalue weighted by Crippen LogP contribution is -2.32. The second-order valence-electron chi connectivity index (χ2n) is 6.04. The highest BCUT2D eigenvalue weighted by Gasteiger charge is 2.14. The van der Waals surface area contributed by atoms with Crippen molar-refractivity contribution in [1.82, 2.24) is 10.2 Å². The maximum Gasteiger partial charge on any atom is 0.118 e. The Morgan fingerprint density at radius 1 is 1.25 bits per heavy atom. The summed E-state index contributed by atoms with van der Waals surface area (Å²) >= 11 is 0. The topological polar surface area (TPSA) is 28.4 Å². The summed E-state index contributed by atoms with van der Waals surface area (Å²) in [4.78, 5) is 2.53. The first-order chi connectivity index (χ1) is 9.56. The van der Waals surface area contributed by atoms with Crippen molar-refractivity contribution in [2.45, 2.75) is 79.1 Å². The number of unbranched alkanes of at least 4 members (excludes halogenated alkanes) is 1. The van der Waals surface area contributed by atoms with Crippen LogP contribution in [0.3, 0.4) is 0 Å². The summed E-state index contributed by atoms with van der Waals surface area (Å²) < 4.78 is 5.72. The molecule has 0 amide bonds. The Bertz CT molecular complexity index is 360. The van der Waals surface area contributed by atoms with Crippen molar-refractivity contribution >= 4 is 0 Å². The summed E-state index contributed by atoms with van der Waals surface area (Å²) in [5, 5.41) is 3.42. The van der Waals surface area contributed by atoms with Crippen LogP contribution < -0.4 is 5.32 Å². The van der Waals surface area contributed by atoms with Crippen LogP contribution in [0.25, 0.3) is 0 Å². The average Bonchev–Trinajstić information content (AvgIpc) is 2.88. The van der Waals surface area contributed by atoms with Gasteiger partial charge in [-0.05, 0) is 32.4 Å². The van der Waals surface area contributed by atoms with E-state index in [2.05, 4.69) is 50.9 Å². The van der Waals surface area contributed by atoms with Gasteiger partial charge in [-0.25, -0.2) is 0 Å². The molecule has 1 aromatic heterocycles. The van der Waals surface area contributed by atoms with Crippen LogP contribution in [0.2, 0.25) is 0 Å². The quantitative estimate of drug-likeness (QED) is 0.697. The van der Waals surface area contributed by atoms with Gasteiger partial charge >= 0.3 is 0 Å². The zero-order valence-corrected chi connectivity index (χ0v) is 13.9. The highest BCUT2D eigenvalue weighted by Crippen LogP contribution is 2.15. The normalized spacial score (nSPS) is 13.3. The zero-order valence-electron chi connectivity index (χ0n) is 13.9. The molecule has 0 saturated heterocycles. The monoisotopic (exact) mass is 280 g/mol. The van der Waals surface area contributed by atoms with Gasteiger partial charge in [-0.3, -0.25) is 4.90 Å². The molecule has 0 radical (unpaired) electrons. The van der Waals surface area contributed by atoms with Gasteiger partial charge in [0.15, 0.2) is 0 Å². The third-order valence-corrected chi connectivity index (χ3v) is 3.79. The SMILES string of the molecule is CCCCN(Cc1cc(CNC(C)C)co1)C(C)CC. The molecule has 0 aliphatic carbocycles. The van der Waals surface area contributed by atoms with E-state index in [4.69, 9.17) is 4.42 Å². The second kappa shape index (κ2) is 9.19. The van der Waals surface area contributed by atoms with E-state index in [-0.39, 0.29) is 0 Å². The third-order valence-electron chi connectivity index (χ3n) is 3.79. The number of hydrogen-bond donors (Lipinski definition) is 1. The third kappa shape index (κ3) is 6.10. The summed E-state index contributed by atoms with van der Waals surface area (Å²) in [5.74, 6) is 1.09. The van der Waals surface area contributed by atoms with Crippen molar-refractivity contribution < 1.29 is 4.42 Å². The maximum atomic E-state index is 5.72. The first kappa shape index (κ1) is 17.3. The van der Waals surface area contributed by atoms with Gasteiger partial charge in [0.05, 0.1) is 12.8 Å². The molecule has 3 heteroatoms. The van der Waals surface area contributed by atoms with Gasteiger partial charge in [0.2, 0.25) is 0 Å². The summed E-state index contributed by atoms with van der Waals surface area (Å²) in [6.07, 6.45) is 5.58. The van der Waals surface area contributed by atoms with Crippen molar-refractivity contribution in [3.05, 3.63) is 23.7 Å². The Morgan fingerprint density at radius 3 is 2.60 bits per heavy atom. The van der Waals surface area contributed by atoms with E-state index in [1.165, 1.54) is 24.8 Å². The minimum Gasteiger partial charge on any atom is -0.468 e. The van der Waals surface area contributed by atoms with Gasteiger partial charge in [0.1, 0.15) is 5.76 Å². The predicted molar refractivity (Wildman–Crippen MR) is 85.8 cm³/mol. The Balaban J connectivity index is 2.54. The van der Waals surface area contributed by atoms with Crippen LogP contribution in [0.1, 0.15) is 65.2 Å². The Morgan fingerprint density at radius 2 is 2.00 bits per heavy atom. The molecule has 3 nitrogen and oxygen atoms in total. The molecule has 0 aromatic carbocycles. The lowest BCUT2D eigenvalue weighted by atomic mass is 10.2. The molecular weight excluding hydrogens is 248 g/mol. The molecule has 1 N–H and O–H groups in total. The zero-order chi connectivity index (χ0) is 15.0. The van der Waals surface area contributed by atoms with E-state index >= 15 is 0 Å². The van der Waals surface area contributed by atoms with Crippen LogP contribution in [0.4, 0.5) is 0 Å². The smallest absolute Gasteiger partial charge is 0.118 e. The molecule has 1 rings (SSSR count). The van der Waals surface area contributed by atoms with E-state index in [9.17, 15) is 0 Å². The van der Waals surface area contributed by atoms with Gasteiger partial charge in [0.25, 0.3) is 0 Å². The number of hydrogen-bond acceptors (Lipinski definition) is 3. The molecule has 1 aromatic rings. The van der Waals surface area contributed by atoms with Crippen LogP contribution in [0.15, 0.2) is 16.7 Å². The van der Waals surface area contributed by atoms with Gasteiger partial charge in [0, 0.05) is 24.2 Å². The van der Waals surface area contributed by atoms with Crippen molar-refractivity contribution in [3.63, 3.8) is 0 Å². The Labute approximate surface area is 124 Å². The van der Waals surface area contributed by atoms with E-state index in [1.807, 2.05) is 6.26 Å². The molecule has 0 bridgehead atoms. The molecule has 1 unspecified atom stereocenters. The summed E-state index contributed by atoms with van der Waals surface area (Å²) in [6.45, 7) is 14.1. The van der Waals surface area contributed by atoms with Gasteiger partial charge in [-0.15, -0.1) is 0 Å². The number of nitrogens with one attached hydrogen (secondary N) is 1. The van der Waals surface area contributed by atoms with Crippen molar-refractivity contribution in [2.75, 3.05) is 6.54 Å².